The van der Waals surface area contributed by atoms with Crippen molar-refractivity contribution in [2.24, 2.45) is 0 Å². The molecule has 0 heterocycles. The van der Waals surface area contributed by atoms with E-state index in [2.05, 4.69) is 10.6 Å². The van der Waals surface area contributed by atoms with Gasteiger partial charge in [0.25, 0.3) is 0 Å². The Morgan fingerprint density at radius 3 is 2.70 bits per heavy atom. The van der Waals surface area contributed by atoms with Crippen LogP contribution in [0.4, 0.5) is 10.1 Å². The minimum absolute atomic E-state index is 0.00385. The van der Waals surface area contributed by atoms with Crippen LogP contribution in [0.5, 0.6) is 5.75 Å². The molecule has 112 valence electrons. The first-order valence-electron chi connectivity index (χ1n) is 6.50. The zero-order valence-corrected chi connectivity index (χ0v) is 11.9. The van der Waals surface area contributed by atoms with E-state index in [1.807, 2.05) is 13.8 Å². The van der Waals surface area contributed by atoms with E-state index in [9.17, 15) is 14.3 Å². The summed E-state index contributed by atoms with van der Waals surface area (Å²) in [6.45, 7) is 5.65. The average Bonchev–Trinajstić information content (AvgIpc) is 2.34. The molecule has 1 rings (SSSR count). The maximum absolute atomic E-state index is 13.7. The Bertz CT molecular complexity index is 452. The van der Waals surface area contributed by atoms with Gasteiger partial charge in [-0.3, -0.25) is 4.79 Å². The SMILES string of the molecule is CC(=O)Nc1ccc(OCC(O)CNC(C)C)c(F)c1. The molecule has 0 aromatic heterocycles. The molecule has 0 fully saturated rings. The molecule has 0 aliphatic rings. The van der Waals surface area contributed by atoms with Crippen molar-refractivity contribution in [3.05, 3.63) is 24.0 Å². The molecule has 0 aliphatic heterocycles. The van der Waals surface area contributed by atoms with Crippen molar-refractivity contribution < 1.29 is 19.0 Å². The second-order valence-corrected chi connectivity index (χ2v) is 4.85. The van der Waals surface area contributed by atoms with Crippen molar-refractivity contribution in [2.75, 3.05) is 18.5 Å². The van der Waals surface area contributed by atoms with Crippen LogP contribution in [0.1, 0.15) is 20.8 Å². The smallest absolute Gasteiger partial charge is 0.221 e. The van der Waals surface area contributed by atoms with Crippen molar-refractivity contribution in [3.63, 3.8) is 0 Å². The third-order valence-corrected chi connectivity index (χ3v) is 2.45. The molecule has 0 radical (unpaired) electrons. The number of hydrogen-bond donors (Lipinski definition) is 3. The Kier molecular flexibility index (Phi) is 6.41. The van der Waals surface area contributed by atoms with Crippen LogP contribution in [0, 0.1) is 5.82 Å². The normalized spacial score (nSPS) is 12.3. The van der Waals surface area contributed by atoms with Crippen LogP contribution in [-0.2, 0) is 4.79 Å². The van der Waals surface area contributed by atoms with E-state index in [4.69, 9.17) is 4.74 Å². The molecule has 0 saturated carbocycles. The van der Waals surface area contributed by atoms with Gasteiger partial charge in [0, 0.05) is 31.3 Å². The number of anilines is 1. The molecule has 20 heavy (non-hydrogen) atoms. The van der Waals surface area contributed by atoms with Gasteiger partial charge in [0.2, 0.25) is 5.91 Å². The summed E-state index contributed by atoms with van der Waals surface area (Å²) in [6, 6.07) is 4.40. The number of halogens is 1. The van der Waals surface area contributed by atoms with Gasteiger partial charge in [-0.25, -0.2) is 4.39 Å². The minimum Gasteiger partial charge on any atom is -0.488 e. The molecule has 1 amide bonds. The van der Waals surface area contributed by atoms with Gasteiger partial charge in [-0.1, -0.05) is 13.8 Å². The molecule has 6 heteroatoms. The predicted octanol–water partition coefficient (Wildman–Crippen LogP) is 1.52. The van der Waals surface area contributed by atoms with Crippen LogP contribution in [0.2, 0.25) is 0 Å². The van der Waals surface area contributed by atoms with Crippen molar-refractivity contribution in [2.45, 2.75) is 32.9 Å². The first-order chi connectivity index (χ1) is 9.38. The van der Waals surface area contributed by atoms with Crippen LogP contribution in [0.15, 0.2) is 18.2 Å². The molecule has 1 aromatic carbocycles. The Labute approximate surface area is 118 Å². The number of benzene rings is 1. The van der Waals surface area contributed by atoms with Crippen LogP contribution in [0.3, 0.4) is 0 Å². The Morgan fingerprint density at radius 1 is 1.45 bits per heavy atom. The highest BCUT2D eigenvalue weighted by atomic mass is 19.1. The summed E-state index contributed by atoms with van der Waals surface area (Å²) >= 11 is 0. The Morgan fingerprint density at radius 2 is 2.15 bits per heavy atom. The lowest BCUT2D eigenvalue weighted by Gasteiger charge is -2.15. The van der Waals surface area contributed by atoms with Gasteiger partial charge < -0.3 is 20.5 Å². The van der Waals surface area contributed by atoms with Gasteiger partial charge in [0.05, 0.1) is 0 Å². The molecule has 1 unspecified atom stereocenters. The second kappa shape index (κ2) is 7.81. The van der Waals surface area contributed by atoms with Gasteiger partial charge in [-0.2, -0.15) is 0 Å². The van der Waals surface area contributed by atoms with Gasteiger partial charge in [0.1, 0.15) is 12.7 Å². The molecule has 0 bridgehead atoms. The molecule has 0 spiro atoms. The van der Waals surface area contributed by atoms with E-state index < -0.39 is 11.9 Å². The number of carbonyl (C=O) groups excluding carboxylic acids is 1. The van der Waals surface area contributed by atoms with Crippen LogP contribution in [-0.4, -0.2) is 36.3 Å². The van der Waals surface area contributed by atoms with Crippen LogP contribution in [0.25, 0.3) is 0 Å². The maximum atomic E-state index is 13.7. The van der Waals surface area contributed by atoms with Gasteiger partial charge >= 0.3 is 0 Å². The Hall–Kier alpha value is -1.66. The summed E-state index contributed by atoms with van der Waals surface area (Å²) in [5.74, 6) is -0.809. The summed E-state index contributed by atoms with van der Waals surface area (Å²) < 4.78 is 18.9. The molecule has 3 N–H and O–H groups in total. The van der Waals surface area contributed by atoms with Crippen molar-refractivity contribution in [3.8, 4) is 5.75 Å². The summed E-state index contributed by atoms with van der Waals surface area (Å²) in [7, 11) is 0. The fourth-order valence-electron chi connectivity index (χ4n) is 1.52. The largest absolute Gasteiger partial charge is 0.488 e. The number of hydrogen-bond acceptors (Lipinski definition) is 4. The molecule has 0 aliphatic carbocycles. The third-order valence-electron chi connectivity index (χ3n) is 2.45. The lowest BCUT2D eigenvalue weighted by Crippen LogP contribution is -2.35. The summed E-state index contributed by atoms with van der Waals surface area (Å²) in [6.07, 6.45) is -0.716. The predicted molar refractivity (Wildman–Crippen MR) is 75.3 cm³/mol. The number of ether oxygens (including phenoxy) is 1. The van der Waals surface area contributed by atoms with Crippen molar-refractivity contribution >= 4 is 11.6 Å². The van der Waals surface area contributed by atoms with E-state index >= 15 is 0 Å². The fourth-order valence-corrected chi connectivity index (χ4v) is 1.52. The molecule has 1 atom stereocenters. The monoisotopic (exact) mass is 284 g/mol. The molecular formula is C14H21FN2O3. The molecule has 1 aromatic rings. The summed E-state index contributed by atoms with van der Waals surface area (Å²) in [5.41, 5.74) is 0.365. The third kappa shape index (κ3) is 5.99. The zero-order valence-electron chi connectivity index (χ0n) is 11.9. The van der Waals surface area contributed by atoms with Gasteiger partial charge in [-0.15, -0.1) is 0 Å². The van der Waals surface area contributed by atoms with E-state index in [1.54, 1.807) is 6.07 Å². The lowest BCUT2D eigenvalue weighted by atomic mass is 10.3. The highest BCUT2D eigenvalue weighted by Gasteiger charge is 2.09. The second-order valence-electron chi connectivity index (χ2n) is 4.85. The van der Waals surface area contributed by atoms with E-state index in [0.29, 0.717) is 12.2 Å². The minimum atomic E-state index is -0.716. The molecule has 0 saturated heterocycles. The number of rotatable bonds is 7. The summed E-state index contributed by atoms with van der Waals surface area (Å²) in [5, 5.41) is 15.2. The quantitative estimate of drug-likeness (QED) is 0.710. The molecule has 5 nitrogen and oxygen atoms in total. The number of aliphatic hydroxyl groups is 1. The zero-order chi connectivity index (χ0) is 15.1. The first-order valence-corrected chi connectivity index (χ1v) is 6.50. The number of carbonyl (C=O) groups is 1. The number of amides is 1. The van der Waals surface area contributed by atoms with Crippen molar-refractivity contribution in [1.82, 2.24) is 5.32 Å². The number of nitrogens with one attached hydrogen (secondary N) is 2. The summed E-state index contributed by atoms with van der Waals surface area (Å²) in [4.78, 5) is 10.8. The van der Waals surface area contributed by atoms with E-state index in [0.717, 1.165) is 0 Å². The van der Waals surface area contributed by atoms with Crippen LogP contribution >= 0.6 is 0 Å². The Balaban J connectivity index is 2.50. The fraction of sp³-hybridized carbons (Fsp3) is 0.500. The van der Waals surface area contributed by atoms with E-state index in [-0.39, 0.29) is 24.3 Å². The first kappa shape index (κ1) is 16.4. The average molecular weight is 284 g/mol. The van der Waals surface area contributed by atoms with Gasteiger partial charge in [-0.05, 0) is 12.1 Å². The molecular weight excluding hydrogens is 263 g/mol. The highest BCUT2D eigenvalue weighted by Crippen LogP contribution is 2.21. The standard InChI is InChI=1S/C14H21FN2O3/c1-9(2)16-7-12(19)8-20-14-5-4-11(6-13(14)15)17-10(3)18/h4-6,9,12,16,19H,7-8H2,1-3H3,(H,17,18). The number of aliphatic hydroxyl groups excluding tert-OH is 1. The highest BCUT2D eigenvalue weighted by molar-refractivity contribution is 5.88. The lowest BCUT2D eigenvalue weighted by molar-refractivity contribution is -0.114. The van der Waals surface area contributed by atoms with Crippen molar-refractivity contribution in [1.29, 1.82) is 0 Å². The topological polar surface area (TPSA) is 70.6 Å². The van der Waals surface area contributed by atoms with Crippen LogP contribution < -0.4 is 15.4 Å². The maximum Gasteiger partial charge on any atom is 0.221 e. The van der Waals surface area contributed by atoms with E-state index in [1.165, 1.54) is 19.1 Å². The van der Waals surface area contributed by atoms with Gasteiger partial charge in [0.15, 0.2) is 11.6 Å².